The van der Waals surface area contributed by atoms with E-state index in [0.29, 0.717) is 23.6 Å². The van der Waals surface area contributed by atoms with Crippen molar-refractivity contribution in [1.29, 1.82) is 0 Å². The fourth-order valence-corrected chi connectivity index (χ4v) is 2.32. The third-order valence-corrected chi connectivity index (χ3v) is 3.53. The van der Waals surface area contributed by atoms with Crippen LogP contribution in [0.25, 0.3) is 0 Å². The van der Waals surface area contributed by atoms with Gasteiger partial charge >= 0.3 is 12.1 Å². The van der Waals surface area contributed by atoms with Crippen molar-refractivity contribution in [1.82, 2.24) is 0 Å². The van der Waals surface area contributed by atoms with Crippen LogP contribution in [-0.4, -0.2) is 31.0 Å². The molecule has 1 unspecified atom stereocenters. The van der Waals surface area contributed by atoms with Crippen molar-refractivity contribution in [3.8, 4) is 5.75 Å². The lowest BCUT2D eigenvalue weighted by Gasteiger charge is -2.08. The monoisotopic (exact) mass is 340 g/mol. The molecule has 25 heavy (non-hydrogen) atoms. The van der Waals surface area contributed by atoms with Crippen LogP contribution < -0.4 is 10.1 Å². The summed E-state index contributed by atoms with van der Waals surface area (Å²) < 4.78 is 9.82. The van der Waals surface area contributed by atoms with E-state index in [1.54, 1.807) is 42.5 Å². The van der Waals surface area contributed by atoms with Crippen LogP contribution in [0.3, 0.4) is 0 Å². The Kier molecular flexibility index (Phi) is 4.94. The summed E-state index contributed by atoms with van der Waals surface area (Å²) in [6, 6.07) is 15.8. The maximum atomic E-state index is 11.9. The number of para-hydroxylation sites is 1. The van der Waals surface area contributed by atoms with E-state index in [2.05, 4.69) is 15.2 Å². The van der Waals surface area contributed by atoms with Crippen molar-refractivity contribution < 1.29 is 23.9 Å². The Morgan fingerprint density at radius 2 is 1.96 bits per heavy atom. The van der Waals surface area contributed by atoms with Crippen LogP contribution in [0.2, 0.25) is 0 Å². The van der Waals surface area contributed by atoms with E-state index in [-0.39, 0.29) is 0 Å². The zero-order valence-corrected chi connectivity index (χ0v) is 13.5. The molecule has 0 bridgehead atoms. The second-order valence-electron chi connectivity index (χ2n) is 5.27. The van der Waals surface area contributed by atoms with Gasteiger partial charge in [-0.1, -0.05) is 35.5 Å². The normalized spacial score (nSPS) is 15.7. The number of nitrogens with zero attached hydrogens (tertiary/aromatic N) is 1. The average molecular weight is 340 g/mol. The van der Waals surface area contributed by atoms with E-state index in [9.17, 15) is 9.59 Å². The zero-order chi connectivity index (χ0) is 17.6. The number of carbonyl (C=O) groups excluding carboxylic acids is 2. The number of oxime groups is 1. The van der Waals surface area contributed by atoms with Crippen LogP contribution in [0.1, 0.15) is 12.0 Å². The molecule has 0 saturated carbocycles. The molecule has 0 aromatic heterocycles. The molecule has 128 valence electrons. The molecule has 0 spiro atoms. The fourth-order valence-electron chi connectivity index (χ4n) is 2.32. The quantitative estimate of drug-likeness (QED) is 0.865. The van der Waals surface area contributed by atoms with E-state index >= 15 is 0 Å². The number of methoxy groups -OCH3 is 1. The summed E-state index contributed by atoms with van der Waals surface area (Å²) >= 11 is 0. The summed E-state index contributed by atoms with van der Waals surface area (Å²) in [5.74, 6) is -0.0230. The topological polar surface area (TPSA) is 86.2 Å². The molecule has 0 fully saturated rings. The van der Waals surface area contributed by atoms with Crippen molar-refractivity contribution in [3.05, 3.63) is 60.2 Å². The summed E-state index contributed by atoms with van der Waals surface area (Å²) in [6.07, 6.45) is -1.02. The Balaban J connectivity index is 1.64. The first-order valence-electron chi connectivity index (χ1n) is 7.60. The van der Waals surface area contributed by atoms with Crippen LogP contribution in [0, 0.1) is 0 Å². The molecule has 7 nitrogen and oxygen atoms in total. The smallest absolute Gasteiger partial charge is 0.417 e. The first kappa shape index (κ1) is 16.5. The molecule has 3 rings (SSSR count). The van der Waals surface area contributed by atoms with Crippen LogP contribution in [0.4, 0.5) is 10.5 Å². The van der Waals surface area contributed by atoms with Crippen LogP contribution in [-0.2, 0) is 14.4 Å². The number of carbonyl (C=O) groups is 2. The fraction of sp³-hybridized carbons (Fsp3) is 0.167. The summed E-state index contributed by atoms with van der Waals surface area (Å²) in [5, 5.41) is 6.57. The van der Waals surface area contributed by atoms with Gasteiger partial charge in [0, 0.05) is 17.7 Å². The molecule has 1 amide bonds. The minimum Gasteiger partial charge on any atom is -0.466 e. The van der Waals surface area contributed by atoms with Gasteiger partial charge in [-0.15, -0.1) is 0 Å². The van der Waals surface area contributed by atoms with Crippen molar-refractivity contribution >= 4 is 23.5 Å². The Labute approximate surface area is 144 Å². The number of hydrogen-bond acceptors (Lipinski definition) is 6. The van der Waals surface area contributed by atoms with Crippen molar-refractivity contribution in [3.63, 3.8) is 0 Å². The lowest BCUT2D eigenvalue weighted by atomic mass is 10.0. The average Bonchev–Trinajstić information content (AvgIpc) is 3.12. The molecule has 0 radical (unpaired) electrons. The summed E-state index contributed by atoms with van der Waals surface area (Å²) in [5.41, 5.74) is 1.89. The van der Waals surface area contributed by atoms with Crippen molar-refractivity contribution in [2.45, 2.75) is 12.5 Å². The third-order valence-electron chi connectivity index (χ3n) is 3.53. The highest BCUT2D eigenvalue weighted by Crippen LogP contribution is 2.20. The molecule has 0 saturated heterocycles. The molecule has 1 heterocycles. The highest BCUT2D eigenvalue weighted by molar-refractivity contribution is 6.04. The Bertz CT molecular complexity index is 804. The highest BCUT2D eigenvalue weighted by Gasteiger charge is 2.29. The molecule has 2 aromatic rings. The Hall–Kier alpha value is -3.35. The Morgan fingerprint density at radius 1 is 1.16 bits per heavy atom. The van der Waals surface area contributed by atoms with Gasteiger partial charge in [-0.2, -0.15) is 0 Å². The SMILES string of the molecule is COC(=O)C1CC(c2cccc(NC(=O)Oc3ccccc3)c2)=NO1. The molecular weight excluding hydrogens is 324 g/mol. The van der Waals surface area contributed by atoms with Crippen LogP contribution in [0.15, 0.2) is 59.8 Å². The second kappa shape index (κ2) is 7.48. The molecule has 1 aliphatic heterocycles. The van der Waals surface area contributed by atoms with E-state index < -0.39 is 18.2 Å². The zero-order valence-electron chi connectivity index (χ0n) is 13.5. The van der Waals surface area contributed by atoms with Crippen molar-refractivity contribution in [2.24, 2.45) is 5.16 Å². The largest absolute Gasteiger partial charge is 0.466 e. The Morgan fingerprint density at radius 3 is 2.72 bits per heavy atom. The van der Waals surface area contributed by atoms with Crippen molar-refractivity contribution in [2.75, 3.05) is 12.4 Å². The van der Waals surface area contributed by atoms with Crippen LogP contribution in [0.5, 0.6) is 5.75 Å². The molecule has 1 N–H and O–H groups in total. The maximum absolute atomic E-state index is 11.9. The summed E-state index contributed by atoms with van der Waals surface area (Å²) in [6.45, 7) is 0. The van der Waals surface area contributed by atoms with Gasteiger partial charge in [-0.3, -0.25) is 5.32 Å². The van der Waals surface area contributed by atoms with Gasteiger partial charge in [0.2, 0.25) is 6.10 Å². The lowest BCUT2D eigenvalue weighted by Crippen LogP contribution is -2.22. The maximum Gasteiger partial charge on any atom is 0.417 e. The van der Waals surface area contributed by atoms with Gasteiger partial charge in [0.05, 0.1) is 12.8 Å². The van der Waals surface area contributed by atoms with E-state index in [4.69, 9.17) is 9.57 Å². The minimum absolute atomic E-state index is 0.310. The van der Waals surface area contributed by atoms with E-state index in [1.165, 1.54) is 7.11 Å². The highest BCUT2D eigenvalue weighted by atomic mass is 16.7. The van der Waals surface area contributed by atoms with E-state index in [1.807, 2.05) is 12.1 Å². The molecular formula is C18H16N2O5. The standard InChI is InChI=1S/C18H16N2O5/c1-23-17(21)16-11-15(20-25-16)12-6-5-7-13(10-12)19-18(22)24-14-8-3-2-4-9-14/h2-10,16H,11H2,1H3,(H,19,22). The molecule has 2 aromatic carbocycles. The number of esters is 1. The number of ether oxygens (including phenoxy) is 2. The number of benzene rings is 2. The van der Waals surface area contributed by atoms with Gasteiger partial charge in [0.1, 0.15) is 5.75 Å². The molecule has 1 atom stereocenters. The van der Waals surface area contributed by atoms with Gasteiger partial charge in [0.15, 0.2) is 0 Å². The number of nitrogens with one attached hydrogen (secondary N) is 1. The second-order valence-corrected chi connectivity index (χ2v) is 5.27. The lowest BCUT2D eigenvalue weighted by molar-refractivity contribution is -0.152. The molecule has 1 aliphatic rings. The van der Waals surface area contributed by atoms with Gasteiger partial charge in [-0.25, -0.2) is 9.59 Å². The minimum atomic E-state index is -0.736. The number of anilines is 1. The predicted octanol–water partition coefficient (Wildman–Crippen LogP) is 2.96. The third kappa shape index (κ3) is 4.14. The van der Waals surface area contributed by atoms with Crippen LogP contribution >= 0.6 is 0 Å². The predicted molar refractivity (Wildman–Crippen MR) is 90.6 cm³/mol. The van der Waals surface area contributed by atoms with Gasteiger partial charge < -0.3 is 14.3 Å². The first-order chi connectivity index (χ1) is 12.2. The van der Waals surface area contributed by atoms with Gasteiger partial charge in [0.25, 0.3) is 0 Å². The number of amides is 1. The summed E-state index contributed by atoms with van der Waals surface area (Å²) in [4.78, 5) is 28.5. The number of hydrogen-bond donors (Lipinski definition) is 1. The summed E-state index contributed by atoms with van der Waals surface area (Å²) in [7, 11) is 1.30. The van der Waals surface area contributed by atoms with E-state index in [0.717, 1.165) is 5.56 Å². The number of rotatable bonds is 4. The molecule has 7 heteroatoms. The molecule has 0 aliphatic carbocycles. The van der Waals surface area contributed by atoms with Gasteiger partial charge in [-0.05, 0) is 24.3 Å². The first-order valence-corrected chi connectivity index (χ1v) is 7.60.